The van der Waals surface area contributed by atoms with E-state index in [1.807, 2.05) is 35.2 Å². The lowest BCUT2D eigenvalue weighted by atomic mass is 10.2. The molecule has 0 aliphatic heterocycles. The van der Waals surface area contributed by atoms with Crippen molar-refractivity contribution in [2.24, 2.45) is 5.73 Å². The van der Waals surface area contributed by atoms with E-state index in [4.69, 9.17) is 5.73 Å². The lowest BCUT2D eigenvalue weighted by Crippen LogP contribution is -2.07. The van der Waals surface area contributed by atoms with Crippen LogP contribution in [0.2, 0.25) is 0 Å². The Hall–Kier alpha value is -1.98. The van der Waals surface area contributed by atoms with Gasteiger partial charge >= 0.3 is 0 Å². The van der Waals surface area contributed by atoms with Gasteiger partial charge in [0.2, 0.25) is 5.95 Å². The molecule has 4 nitrogen and oxygen atoms in total. The highest BCUT2D eigenvalue weighted by Gasteiger charge is 2.08. The number of hydrogen-bond acceptors (Lipinski definition) is 4. The number of aryl methyl sites for hydroxylation is 1. The fourth-order valence-electron chi connectivity index (χ4n) is 2.12. The first-order valence-corrected chi connectivity index (χ1v) is 7.50. The molecule has 0 radical (unpaired) electrons. The normalized spacial score (nSPS) is 10.8. The zero-order valence-electron chi connectivity index (χ0n) is 11.1. The van der Waals surface area contributed by atoms with Crippen LogP contribution in [0.25, 0.3) is 16.5 Å². The lowest BCUT2D eigenvalue weighted by Gasteiger charge is -2.08. The topological polar surface area (TPSA) is 56.7 Å². The van der Waals surface area contributed by atoms with Crippen LogP contribution in [0.4, 0.5) is 0 Å². The summed E-state index contributed by atoms with van der Waals surface area (Å²) >= 11 is 1.68. The van der Waals surface area contributed by atoms with E-state index in [0.717, 1.165) is 23.4 Å². The van der Waals surface area contributed by atoms with Crippen LogP contribution in [0, 0.1) is 0 Å². The van der Waals surface area contributed by atoms with Gasteiger partial charge in [0.05, 0.1) is 10.6 Å². The molecule has 2 N–H and O–H groups in total. The molecule has 3 aromatic heterocycles. The summed E-state index contributed by atoms with van der Waals surface area (Å²) < 4.78 is 2.03. The second-order valence-corrected chi connectivity index (χ2v) is 5.43. The molecule has 0 saturated heterocycles. The molecular weight excluding hydrogens is 268 g/mol. The molecule has 0 aliphatic rings. The number of nitrogens with zero attached hydrogens (tertiary/aromatic N) is 3. The zero-order valence-corrected chi connectivity index (χ0v) is 11.9. The first-order valence-electron chi connectivity index (χ1n) is 6.62. The van der Waals surface area contributed by atoms with Crippen molar-refractivity contribution in [2.45, 2.75) is 12.8 Å². The van der Waals surface area contributed by atoms with Crippen molar-refractivity contribution >= 4 is 11.3 Å². The minimum atomic E-state index is 0.696. The molecule has 0 unspecified atom stereocenters. The summed E-state index contributed by atoms with van der Waals surface area (Å²) in [7, 11) is 0. The number of nitrogens with two attached hydrogens (primary N) is 1. The van der Waals surface area contributed by atoms with Crippen LogP contribution in [0.15, 0.2) is 48.1 Å². The van der Waals surface area contributed by atoms with E-state index in [1.165, 1.54) is 5.69 Å². The fourth-order valence-corrected chi connectivity index (χ4v) is 2.82. The number of thiophene rings is 1. The van der Waals surface area contributed by atoms with E-state index < -0.39 is 0 Å². The molecule has 3 heterocycles. The predicted molar refractivity (Wildman–Crippen MR) is 82.0 cm³/mol. The SMILES string of the molecule is NCCCc1cccn1-c1nccc(-c2cccs2)n1. The van der Waals surface area contributed by atoms with Gasteiger partial charge < -0.3 is 5.73 Å². The van der Waals surface area contributed by atoms with Gasteiger partial charge in [-0.1, -0.05) is 6.07 Å². The Morgan fingerprint density at radius 2 is 2.15 bits per heavy atom. The molecule has 0 spiro atoms. The molecule has 0 aliphatic carbocycles. The summed E-state index contributed by atoms with van der Waals surface area (Å²) in [6, 6.07) is 10.2. The van der Waals surface area contributed by atoms with Gasteiger partial charge in [-0.25, -0.2) is 9.97 Å². The zero-order chi connectivity index (χ0) is 13.8. The van der Waals surface area contributed by atoms with Crippen molar-refractivity contribution in [2.75, 3.05) is 6.54 Å². The third-order valence-electron chi connectivity index (χ3n) is 3.10. The summed E-state index contributed by atoms with van der Waals surface area (Å²) in [5.41, 5.74) is 7.74. The Morgan fingerprint density at radius 3 is 2.95 bits per heavy atom. The highest BCUT2D eigenvalue weighted by atomic mass is 32.1. The molecular formula is C15H16N4S. The average Bonchev–Trinajstić information content (AvgIpc) is 3.16. The van der Waals surface area contributed by atoms with Crippen molar-refractivity contribution in [3.63, 3.8) is 0 Å². The van der Waals surface area contributed by atoms with Crippen LogP contribution in [0.1, 0.15) is 12.1 Å². The van der Waals surface area contributed by atoms with Crippen LogP contribution >= 0.6 is 11.3 Å². The third-order valence-corrected chi connectivity index (χ3v) is 3.99. The summed E-state index contributed by atoms with van der Waals surface area (Å²) in [5.74, 6) is 0.716. The van der Waals surface area contributed by atoms with E-state index >= 15 is 0 Å². The van der Waals surface area contributed by atoms with Gasteiger partial charge in [0.15, 0.2) is 0 Å². The van der Waals surface area contributed by atoms with E-state index in [1.54, 1.807) is 11.3 Å². The standard InChI is InChI=1S/C15H16N4S/c16-8-1-4-12-5-2-10-19(12)15-17-9-7-13(18-15)14-6-3-11-20-14/h2-3,5-7,9-11H,1,4,8,16H2. The van der Waals surface area contributed by atoms with Crippen molar-refractivity contribution in [3.05, 3.63) is 53.8 Å². The molecule has 0 amide bonds. The Bertz CT molecular complexity index is 673. The van der Waals surface area contributed by atoms with E-state index in [-0.39, 0.29) is 0 Å². The molecule has 3 rings (SSSR count). The van der Waals surface area contributed by atoms with Crippen LogP contribution < -0.4 is 5.73 Å². The van der Waals surface area contributed by atoms with Crippen molar-refractivity contribution in [3.8, 4) is 16.5 Å². The molecule has 0 atom stereocenters. The van der Waals surface area contributed by atoms with Gasteiger partial charge in [0, 0.05) is 18.1 Å². The van der Waals surface area contributed by atoms with Crippen LogP contribution in [-0.2, 0) is 6.42 Å². The van der Waals surface area contributed by atoms with E-state index in [2.05, 4.69) is 27.5 Å². The molecule has 0 aromatic carbocycles. The Morgan fingerprint density at radius 1 is 1.20 bits per heavy atom. The summed E-state index contributed by atoms with van der Waals surface area (Å²) in [4.78, 5) is 10.2. The monoisotopic (exact) mass is 284 g/mol. The highest BCUT2D eigenvalue weighted by molar-refractivity contribution is 7.13. The van der Waals surface area contributed by atoms with E-state index in [9.17, 15) is 0 Å². The van der Waals surface area contributed by atoms with Crippen LogP contribution in [-0.4, -0.2) is 21.1 Å². The maximum absolute atomic E-state index is 5.58. The second kappa shape index (κ2) is 5.98. The predicted octanol–water partition coefficient (Wildman–Crippen LogP) is 2.89. The highest BCUT2D eigenvalue weighted by Crippen LogP contribution is 2.23. The van der Waals surface area contributed by atoms with Gasteiger partial charge in [-0.2, -0.15) is 0 Å². The average molecular weight is 284 g/mol. The molecule has 0 fully saturated rings. The third kappa shape index (κ3) is 2.64. The smallest absolute Gasteiger partial charge is 0.234 e. The molecule has 0 bridgehead atoms. The second-order valence-electron chi connectivity index (χ2n) is 4.48. The minimum Gasteiger partial charge on any atom is -0.330 e. The molecule has 20 heavy (non-hydrogen) atoms. The minimum absolute atomic E-state index is 0.696. The molecule has 0 saturated carbocycles. The molecule has 102 valence electrons. The largest absolute Gasteiger partial charge is 0.330 e. The van der Waals surface area contributed by atoms with Crippen molar-refractivity contribution in [1.29, 1.82) is 0 Å². The number of rotatable bonds is 5. The Balaban J connectivity index is 1.95. The number of hydrogen-bond donors (Lipinski definition) is 1. The maximum atomic E-state index is 5.58. The summed E-state index contributed by atoms with van der Waals surface area (Å²) in [6.45, 7) is 0.696. The summed E-state index contributed by atoms with van der Waals surface area (Å²) in [6.07, 6.45) is 5.72. The van der Waals surface area contributed by atoms with Crippen molar-refractivity contribution < 1.29 is 0 Å². The first kappa shape index (κ1) is 13.0. The quantitative estimate of drug-likeness (QED) is 0.783. The van der Waals surface area contributed by atoms with Crippen molar-refractivity contribution in [1.82, 2.24) is 14.5 Å². The van der Waals surface area contributed by atoms with Gasteiger partial charge in [0.1, 0.15) is 0 Å². The lowest BCUT2D eigenvalue weighted by molar-refractivity contribution is 0.773. The Labute approximate surface area is 121 Å². The van der Waals surface area contributed by atoms with Gasteiger partial charge in [-0.15, -0.1) is 11.3 Å². The maximum Gasteiger partial charge on any atom is 0.234 e. The van der Waals surface area contributed by atoms with Gasteiger partial charge in [-0.05, 0) is 49.0 Å². The fraction of sp³-hybridized carbons (Fsp3) is 0.200. The van der Waals surface area contributed by atoms with Gasteiger partial charge in [0.25, 0.3) is 0 Å². The number of aromatic nitrogens is 3. The molecule has 5 heteroatoms. The molecule has 3 aromatic rings. The van der Waals surface area contributed by atoms with Gasteiger partial charge in [-0.3, -0.25) is 4.57 Å². The summed E-state index contributed by atoms with van der Waals surface area (Å²) in [5, 5.41) is 2.06. The Kier molecular flexibility index (Phi) is 3.90. The van der Waals surface area contributed by atoms with Crippen LogP contribution in [0.3, 0.4) is 0 Å². The van der Waals surface area contributed by atoms with E-state index in [0.29, 0.717) is 12.5 Å². The van der Waals surface area contributed by atoms with Crippen LogP contribution in [0.5, 0.6) is 0 Å². The first-order chi connectivity index (χ1) is 9.88.